The van der Waals surface area contributed by atoms with Gasteiger partial charge in [-0.05, 0) is 18.1 Å². The molecule has 1 N–H and O–H groups in total. The van der Waals surface area contributed by atoms with Crippen LogP contribution in [-0.4, -0.2) is 31.3 Å². The lowest BCUT2D eigenvalue weighted by molar-refractivity contribution is -0.117. The van der Waals surface area contributed by atoms with Gasteiger partial charge < -0.3 is 14.7 Å². The number of hydrogen-bond acceptors (Lipinski definition) is 3. The molecule has 0 fully saturated rings. The molecule has 1 aromatic carbocycles. The second-order valence-electron chi connectivity index (χ2n) is 3.79. The Kier molecular flexibility index (Phi) is 3.10. The molecule has 1 aliphatic heterocycles. The van der Waals surface area contributed by atoms with Crippen LogP contribution in [0.5, 0.6) is 5.75 Å². The number of anilines is 1. The van der Waals surface area contributed by atoms with E-state index < -0.39 is 0 Å². The highest BCUT2D eigenvalue weighted by Crippen LogP contribution is 2.32. The molecule has 0 unspecified atom stereocenters. The molecule has 1 aliphatic rings. The van der Waals surface area contributed by atoms with Gasteiger partial charge in [0.2, 0.25) is 5.91 Å². The molecule has 2 rings (SSSR count). The molecule has 1 heterocycles. The van der Waals surface area contributed by atoms with E-state index in [4.69, 9.17) is 9.84 Å². The molecular weight excluding hydrogens is 206 g/mol. The summed E-state index contributed by atoms with van der Waals surface area (Å²) in [4.78, 5) is 13.5. The number of fused-ring (bicyclic) bond motifs is 1. The Hall–Kier alpha value is -1.55. The number of amides is 1. The minimum absolute atomic E-state index is 0.0942. The molecule has 4 nitrogen and oxygen atoms in total. The van der Waals surface area contributed by atoms with Crippen LogP contribution in [0.3, 0.4) is 0 Å². The minimum Gasteiger partial charge on any atom is -0.497 e. The summed E-state index contributed by atoms with van der Waals surface area (Å²) in [6.45, 7) is 0.665. The van der Waals surface area contributed by atoms with Crippen LogP contribution >= 0.6 is 0 Å². The quantitative estimate of drug-likeness (QED) is 0.824. The third kappa shape index (κ3) is 1.88. The maximum Gasteiger partial charge on any atom is 0.231 e. The van der Waals surface area contributed by atoms with Crippen molar-refractivity contribution in [3.8, 4) is 5.75 Å². The number of methoxy groups -OCH3 is 1. The van der Waals surface area contributed by atoms with Gasteiger partial charge in [0.15, 0.2) is 0 Å². The number of rotatable bonds is 4. The highest BCUT2D eigenvalue weighted by Gasteiger charge is 2.26. The lowest BCUT2D eigenvalue weighted by Crippen LogP contribution is -2.28. The smallest absolute Gasteiger partial charge is 0.231 e. The molecule has 0 aromatic heterocycles. The van der Waals surface area contributed by atoms with E-state index in [0.717, 1.165) is 17.0 Å². The van der Waals surface area contributed by atoms with Crippen LogP contribution in [0, 0.1) is 0 Å². The Balaban J connectivity index is 2.27. The number of benzene rings is 1. The highest BCUT2D eigenvalue weighted by molar-refractivity contribution is 6.01. The number of ether oxygens (including phenoxy) is 1. The molecular formula is C12H15NO3. The van der Waals surface area contributed by atoms with Crippen molar-refractivity contribution < 1.29 is 14.6 Å². The zero-order chi connectivity index (χ0) is 11.5. The predicted molar refractivity (Wildman–Crippen MR) is 60.8 cm³/mol. The predicted octanol–water partition coefficient (Wildman–Crippen LogP) is 0.967. The van der Waals surface area contributed by atoms with Gasteiger partial charge in [-0.1, -0.05) is 6.07 Å². The molecule has 1 amide bonds. The molecule has 0 saturated carbocycles. The average Bonchev–Trinajstić information content (AvgIpc) is 2.61. The van der Waals surface area contributed by atoms with Gasteiger partial charge in [0.25, 0.3) is 0 Å². The number of aliphatic hydroxyl groups excluding tert-OH is 1. The number of carbonyl (C=O) groups excluding carboxylic acids is 1. The molecule has 86 valence electrons. The fourth-order valence-electron chi connectivity index (χ4n) is 1.94. The molecule has 0 saturated heterocycles. The van der Waals surface area contributed by atoms with Gasteiger partial charge in [-0.25, -0.2) is 0 Å². The summed E-state index contributed by atoms with van der Waals surface area (Å²) in [5.41, 5.74) is 1.95. The van der Waals surface area contributed by atoms with Crippen LogP contribution in [-0.2, 0) is 11.2 Å². The van der Waals surface area contributed by atoms with Gasteiger partial charge in [0, 0.05) is 19.2 Å². The van der Waals surface area contributed by atoms with Gasteiger partial charge in [-0.2, -0.15) is 0 Å². The summed E-state index contributed by atoms with van der Waals surface area (Å²) < 4.78 is 5.14. The van der Waals surface area contributed by atoms with Gasteiger partial charge >= 0.3 is 0 Å². The first-order valence-electron chi connectivity index (χ1n) is 5.34. The van der Waals surface area contributed by atoms with Crippen LogP contribution in [0.2, 0.25) is 0 Å². The van der Waals surface area contributed by atoms with E-state index in [2.05, 4.69) is 0 Å². The van der Waals surface area contributed by atoms with Crippen molar-refractivity contribution in [1.82, 2.24) is 0 Å². The summed E-state index contributed by atoms with van der Waals surface area (Å²) in [6.07, 6.45) is 1.05. The molecule has 0 atom stereocenters. The standard InChI is InChI=1S/C12H15NO3/c1-16-10-4-3-9-7-12(15)13(5-2-6-14)11(9)8-10/h3-4,8,14H,2,5-7H2,1H3. The Labute approximate surface area is 94.4 Å². The van der Waals surface area contributed by atoms with E-state index in [1.807, 2.05) is 18.2 Å². The second kappa shape index (κ2) is 4.53. The largest absolute Gasteiger partial charge is 0.497 e. The zero-order valence-corrected chi connectivity index (χ0v) is 9.27. The molecule has 0 bridgehead atoms. The van der Waals surface area contributed by atoms with Crippen molar-refractivity contribution in [2.45, 2.75) is 12.8 Å². The van der Waals surface area contributed by atoms with Crippen LogP contribution < -0.4 is 9.64 Å². The average molecular weight is 221 g/mol. The normalized spacial score (nSPS) is 14.1. The van der Waals surface area contributed by atoms with Gasteiger partial charge in [0.1, 0.15) is 5.75 Å². The van der Waals surface area contributed by atoms with E-state index in [1.165, 1.54) is 0 Å². The van der Waals surface area contributed by atoms with Crippen molar-refractivity contribution in [1.29, 1.82) is 0 Å². The van der Waals surface area contributed by atoms with Gasteiger partial charge in [-0.3, -0.25) is 4.79 Å². The summed E-state index contributed by atoms with van der Waals surface area (Å²) >= 11 is 0. The van der Waals surface area contributed by atoms with Crippen molar-refractivity contribution in [2.24, 2.45) is 0 Å². The van der Waals surface area contributed by atoms with Gasteiger partial charge in [0.05, 0.1) is 19.2 Å². The molecule has 4 heteroatoms. The molecule has 16 heavy (non-hydrogen) atoms. The maximum atomic E-state index is 11.7. The van der Waals surface area contributed by atoms with E-state index in [-0.39, 0.29) is 12.5 Å². The van der Waals surface area contributed by atoms with Crippen molar-refractivity contribution >= 4 is 11.6 Å². The monoisotopic (exact) mass is 221 g/mol. The Morgan fingerprint density at radius 2 is 2.31 bits per heavy atom. The van der Waals surface area contributed by atoms with E-state index in [9.17, 15) is 4.79 Å². The summed E-state index contributed by atoms with van der Waals surface area (Å²) in [7, 11) is 1.61. The molecule has 0 aliphatic carbocycles. The first-order chi connectivity index (χ1) is 7.76. The minimum atomic E-state index is 0.0942. The highest BCUT2D eigenvalue weighted by atomic mass is 16.5. The van der Waals surface area contributed by atoms with Crippen LogP contribution in [0.1, 0.15) is 12.0 Å². The first kappa shape index (κ1) is 11.0. The number of hydrogen-bond donors (Lipinski definition) is 1. The van der Waals surface area contributed by atoms with Gasteiger partial charge in [-0.15, -0.1) is 0 Å². The number of nitrogens with zero attached hydrogens (tertiary/aromatic N) is 1. The summed E-state index contributed by atoms with van der Waals surface area (Å²) in [5.74, 6) is 0.846. The van der Waals surface area contributed by atoms with E-state index >= 15 is 0 Å². The van der Waals surface area contributed by atoms with Crippen molar-refractivity contribution in [2.75, 3.05) is 25.2 Å². The lowest BCUT2D eigenvalue weighted by atomic mass is 10.1. The fraction of sp³-hybridized carbons (Fsp3) is 0.417. The topological polar surface area (TPSA) is 49.8 Å². The first-order valence-corrected chi connectivity index (χ1v) is 5.34. The van der Waals surface area contributed by atoms with Crippen LogP contribution in [0.25, 0.3) is 0 Å². The number of carbonyl (C=O) groups is 1. The zero-order valence-electron chi connectivity index (χ0n) is 9.27. The van der Waals surface area contributed by atoms with E-state index in [0.29, 0.717) is 19.4 Å². The second-order valence-corrected chi connectivity index (χ2v) is 3.79. The summed E-state index contributed by atoms with van der Waals surface area (Å²) in [5, 5.41) is 8.80. The molecule has 0 radical (unpaired) electrons. The lowest BCUT2D eigenvalue weighted by Gasteiger charge is -2.17. The van der Waals surface area contributed by atoms with E-state index in [1.54, 1.807) is 12.0 Å². The Bertz CT molecular complexity index is 403. The molecule has 1 aromatic rings. The SMILES string of the molecule is COc1ccc2c(c1)N(CCCO)C(=O)C2. The molecule has 0 spiro atoms. The third-order valence-electron chi connectivity index (χ3n) is 2.77. The Morgan fingerprint density at radius 1 is 1.50 bits per heavy atom. The van der Waals surface area contributed by atoms with Crippen molar-refractivity contribution in [3.05, 3.63) is 23.8 Å². The van der Waals surface area contributed by atoms with Crippen LogP contribution in [0.4, 0.5) is 5.69 Å². The summed E-state index contributed by atoms with van der Waals surface area (Å²) in [6, 6.07) is 5.66. The third-order valence-corrected chi connectivity index (χ3v) is 2.77. The number of aliphatic hydroxyl groups is 1. The van der Waals surface area contributed by atoms with Crippen molar-refractivity contribution in [3.63, 3.8) is 0 Å². The maximum absolute atomic E-state index is 11.7. The van der Waals surface area contributed by atoms with Crippen LogP contribution in [0.15, 0.2) is 18.2 Å². The fourth-order valence-corrected chi connectivity index (χ4v) is 1.94. The Morgan fingerprint density at radius 3 is 3.00 bits per heavy atom.